The number of aromatic nitrogens is 4. The van der Waals surface area contributed by atoms with Crippen LogP contribution < -0.4 is 11.1 Å². The number of nitrogens with one attached hydrogen (secondary N) is 1. The number of nitrogens with zero attached hydrogens (tertiary/aromatic N) is 4. The zero-order valence-corrected chi connectivity index (χ0v) is 13.0. The largest absolute Gasteiger partial charge is 0.446 e. The molecule has 2 aromatic heterocycles. The number of rotatable bonds is 3. The molecule has 23 heavy (non-hydrogen) atoms. The van der Waals surface area contributed by atoms with Gasteiger partial charge in [-0.1, -0.05) is 5.16 Å². The maximum atomic E-state index is 13.4. The third-order valence-electron chi connectivity index (χ3n) is 2.76. The van der Waals surface area contributed by atoms with Gasteiger partial charge in [0.05, 0.1) is 10.2 Å². The van der Waals surface area contributed by atoms with E-state index >= 15 is 0 Å². The van der Waals surface area contributed by atoms with E-state index in [0.29, 0.717) is 0 Å². The lowest BCUT2D eigenvalue weighted by atomic mass is 10.3. The van der Waals surface area contributed by atoms with Crippen LogP contribution in [0.3, 0.4) is 0 Å². The number of carbonyl (C=O) groups excluding carboxylic acids is 1. The molecule has 0 radical (unpaired) electrons. The number of carbonyl (C=O) groups is 1. The lowest BCUT2D eigenvalue weighted by Crippen LogP contribution is -2.14. The fourth-order valence-electron chi connectivity index (χ4n) is 1.84. The molecule has 1 aromatic carbocycles. The molecule has 11 heteroatoms. The van der Waals surface area contributed by atoms with Crippen LogP contribution in [0.15, 0.2) is 36.6 Å². The number of hydrogen-bond acceptors (Lipinski definition) is 7. The Kier molecular flexibility index (Phi) is 3.78. The quantitative estimate of drug-likeness (QED) is 0.731. The Morgan fingerprint density at radius 1 is 1.35 bits per heavy atom. The van der Waals surface area contributed by atoms with Crippen LogP contribution >= 0.6 is 15.9 Å². The Bertz CT molecular complexity index is 947. The summed E-state index contributed by atoms with van der Waals surface area (Å²) >= 11 is 3.03. The monoisotopic (exact) mass is 383 g/mol. The Labute approximate surface area is 135 Å². The number of benzene rings is 1. The van der Waals surface area contributed by atoms with Crippen molar-refractivity contribution in [3.8, 4) is 17.2 Å². The Hall–Kier alpha value is -2.82. The first-order valence-corrected chi connectivity index (χ1v) is 6.91. The van der Waals surface area contributed by atoms with Crippen molar-refractivity contribution in [3.63, 3.8) is 0 Å². The Balaban J connectivity index is 2.16. The highest BCUT2D eigenvalue weighted by molar-refractivity contribution is 9.10. The standard InChI is InChI=1S/C12H7BrFN5O4/c1-5(20)15-10-9(16-23-17-10)11-18-22-12(21)19(11)6-2-3-8(14)7(13)4-6/h2-4H,1H3,(H,15,17,20). The SMILES string of the molecule is CC(=O)Nc1nonc1-c1noc(=O)n1-c1ccc(F)c(Br)c1. The van der Waals surface area contributed by atoms with Gasteiger partial charge in [0, 0.05) is 6.92 Å². The van der Waals surface area contributed by atoms with Crippen LogP contribution in [-0.2, 0) is 4.79 Å². The zero-order chi connectivity index (χ0) is 16.6. The molecule has 0 spiro atoms. The molecule has 0 aliphatic carbocycles. The third-order valence-corrected chi connectivity index (χ3v) is 3.37. The number of anilines is 1. The zero-order valence-electron chi connectivity index (χ0n) is 11.4. The smallest absolute Gasteiger partial charge is 0.306 e. The van der Waals surface area contributed by atoms with Crippen LogP contribution in [0.2, 0.25) is 0 Å². The molecule has 0 saturated heterocycles. The van der Waals surface area contributed by atoms with E-state index in [9.17, 15) is 14.0 Å². The van der Waals surface area contributed by atoms with Crippen molar-refractivity contribution in [1.82, 2.24) is 20.0 Å². The second-order valence-electron chi connectivity index (χ2n) is 4.35. The van der Waals surface area contributed by atoms with E-state index in [2.05, 4.69) is 45.9 Å². The topological polar surface area (TPSA) is 116 Å². The maximum absolute atomic E-state index is 13.4. The molecule has 0 saturated carbocycles. The van der Waals surface area contributed by atoms with Crippen LogP contribution in [0.1, 0.15) is 6.92 Å². The summed E-state index contributed by atoms with van der Waals surface area (Å²) in [5.74, 6) is -1.82. The van der Waals surface area contributed by atoms with Crippen LogP contribution in [-0.4, -0.2) is 25.9 Å². The molecule has 2 heterocycles. The molecule has 0 bridgehead atoms. The van der Waals surface area contributed by atoms with Gasteiger partial charge in [-0.3, -0.25) is 9.32 Å². The molecule has 0 aliphatic rings. The van der Waals surface area contributed by atoms with Gasteiger partial charge in [0.2, 0.25) is 17.5 Å². The number of hydrogen-bond donors (Lipinski definition) is 1. The van der Waals surface area contributed by atoms with Crippen molar-refractivity contribution in [2.45, 2.75) is 6.92 Å². The van der Waals surface area contributed by atoms with Crippen LogP contribution in [0.4, 0.5) is 10.2 Å². The summed E-state index contributed by atoms with van der Waals surface area (Å²) < 4.78 is 23.7. The van der Waals surface area contributed by atoms with Gasteiger partial charge >= 0.3 is 5.76 Å². The Morgan fingerprint density at radius 2 is 2.13 bits per heavy atom. The minimum Gasteiger partial charge on any atom is -0.306 e. The van der Waals surface area contributed by atoms with Crippen LogP contribution in [0.5, 0.6) is 0 Å². The van der Waals surface area contributed by atoms with Gasteiger partial charge in [-0.2, -0.15) is 0 Å². The van der Waals surface area contributed by atoms with Crippen LogP contribution in [0, 0.1) is 5.82 Å². The summed E-state index contributed by atoms with van der Waals surface area (Å²) in [5, 5.41) is 13.1. The third kappa shape index (κ3) is 2.77. The molecule has 9 nitrogen and oxygen atoms in total. The highest BCUT2D eigenvalue weighted by Crippen LogP contribution is 2.26. The minimum absolute atomic E-state index is 0.00787. The Morgan fingerprint density at radius 3 is 2.83 bits per heavy atom. The summed E-state index contributed by atoms with van der Waals surface area (Å²) in [6, 6.07) is 3.88. The van der Waals surface area contributed by atoms with Gasteiger partial charge < -0.3 is 5.32 Å². The lowest BCUT2D eigenvalue weighted by Gasteiger charge is -2.04. The molecule has 0 aliphatic heterocycles. The van der Waals surface area contributed by atoms with Gasteiger partial charge in [0.1, 0.15) is 5.82 Å². The number of halogens is 2. The summed E-state index contributed by atoms with van der Waals surface area (Å²) in [6.07, 6.45) is 0. The molecule has 1 N–H and O–H groups in total. The predicted molar refractivity (Wildman–Crippen MR) is 77.4 cm³/mol. The highest BCUT2D eigenvalue weighted by Gasteiger charge is 2.23. The molecule has 118 valence electrons. The molecule has 1 amide bonds. The predicted octanol–water partition coefficient (Wildman–Crippen LogP) is 1.74. The van der Waals surface area contributed by atoms with Gasteiger partial charge in [0.15, 0.2) is 5.69 Å². The minimum atomic E-state index is -0.824. The fraction of sp³-hybridized carbons (Fsp3) is 0.0833. The lowest BCUT2D eigenvalue weighted by molar-refractivity contribution is -0.114. The molecule has 3 aromatic rings. The van der Waals surface area contributed by atoms with E-state index < -0.39 is 17.5 Å². The van der Waals surface area contributed by atoms with E-state index in [4.69, 9.17) is 0 Å². The summed E-state index contributed by atoms with van der Waals surface area (Å²) in [5.41, 5.74) is 0.266. The fourth-order valence-corrected chi connectivity index (χ4v) is 2.20. The van der Waals surface area contributed by atoms with Crippen LogP contribution in [0.25, 0.3) is 17.2 Å². The molecular weight excluding hydrogens is 377 g/mol. The van der Waals surface area contributed by atoms with Crippen molar-refractivity contribution >= 4 is 27.7 Å². The summed E-state index contributed by atoms with van der Waals surface area (Å²) in [4.78, 5) is 23.1. The molecule has 0 fully saturated rings. The van der Waals surface area contributed by atoms with E-state index in [0.717, 1.165) is 4.57 Å². The van der Waals surface area contributed by atoms with Gasteiger partial charge in [-0.05, 0) is 44.4 Å². The first kappa shape index (κ1) is 15.1. The van der Waals surface area contributed by atoms with Gasteiger partial charge in [0.25, 0.3) is 0 Å². The first-order valence-electron chi connectivity index (χ1n) is 6.12. The van der Waals surface area contributed by atoms with E-state index in [-0.39, 0.29) is 27.5 Å². The second kappa shape index (κ2) is 5.76. The first-order chi connectivity index (χ1) is 11.0. The maximum Gasteiger partial charge on any atom is 0.446 e. The molecular formula is C12H7BrFN5O4. The van der Waals surface area contributed by atoms with Crippen molar-refractivity contribution in [3.05, 3.63) is 39.0 Å². The summed E-state index contributed by atoms with van der Waals surface area (Å²) in [6.45, 7) is 1.27. The normalized spacial score (nSPS) is 10.7. The number of amides is 1. The van der Waals surface area contributed by atoms with Crippen molar-refractivity contribution in [2.75, 3.05) is 5.32 Å². The van der Waals surface area contributed by atoms with Crippen molar-refractivity contribution in [1.29, 1.82) is 0 Å². The average molecular weight is 384 g/mol. The second-order valence-corrected chi connectivity index (χ2v) is 5.20. The summed E-state index contributed by atoms with van der Waals surface area (Å²) in [7, 11) is 0. The van der Waals surface area contributed by atoms with E-state index in [1.165, 1.54) is 25.1 Å². The molecule has 0 atom stereocenters. The van der Waals surface area contributed by atoms with E-state index in [1.807, 2.05) is 0 Å². The average Bonchev–Trinajstić information content (AvgIpc) is 3.08. The van der Waals surface area contributed by atoms with Crippen molar-refractivity contribution in [2.24, 2.45) is 0 Å². The van der Waals surface area contributed by atoms with Gasteiger partial charge in [-0.15, -0.1) is 0 Å². The molecule has 3 rings (SSSR count). The molecule has 0 unspecified atom stereocenters. The van der Waals surface area contributed by atoms with Crippen molar-refractivity contribution < 1.29 is 18.3 Å². The highest BCUT2D eigenvalue weighted by atomic mass is 79.9. The van der Waals surface area contributed by atoms with E-state index in [1.54, 1.807) is 0 Å². The van der Waals surface area contributed by atoms with Gasteiger partial charge in [-0.25, -0.2) is 18.4 Å².